The van der Waals surface area contributed by atoms with E-state index in [1.807, 2.05) is 0 Å². The number of aliphatic imine (C=N–C) groups is 1. The maximum absolute atomic E-state index is 13.3. The second-order valence-electron chi connectivity index (χ2n) is 5.71. The molecule has 8 heteroatoms. The van der Waals surface area contributed by atoms with Gasteiger partial charge in [0.1, 0.15) is 11.6 Å². The van der Waals surface area contributed by atoms with Gasteiger partial charge < -0.3 is 9.84 Å². The Morgan fingerprint density at radius 2 is 1.73 bits per heavy atom. The molecule has 1 N–H and O–H groups in total. The average molecular weight is 364 g/mol. The number of ether oxygens (including phenoxy) is 1. The highest BCUT2D eigenvalue weighted by Crippen LogP contribution is 2.38. The van der Waals surface area contributed by atoms with Gasteiger partial charge in [-0.15, -0.1) is 0 Å². The normalized spacial score (nSPS) is 20.3. The van der Waals surface area contributed by atoms with Gasteiger partial charge in [-0.1, -0.05) is 42.5 Å². The predicted octanol–water partition coefficient (Wildman–Crippen LogP) is 2.74. The number of carbonyl (C=O) groups is 1. The van der Waals surface area contributed by atoms with Gasteiger partial charge in [0, 0.05) is 5.56 Å². The highest BCUT2D eigenvalue weighted by molar-refractivity contribution is 6.14. The van der Waals surface area contributed by atoms with E-state index in [2.05, 4.69) is 4.99 Å². The quantitative estimate of drug-likeness (QED) is 0.908. The molecule has 1 atom stereocenters. The maximum Gasteiger partial charge on any atom is 0.448 e. The number of halogens is 3. The Bertz CT molecular complexity index is 835. The van der Waals surface area contributed by atoms with Crippen LogP contribution in [0.4, 0.5) is 13.2 Å². The van der Waals surface area contributed by atoms with Crippen LogP contribution in [0.3, 0.4) is 0 Å². The van der Waals surface area contributed by atoms with Crippen LogP contribution in [0.15, 0.2) is 59.6 Å². The summed E-state index contributed by atoms with van der Waals surface area (Å²) in [5.41, 5.74) is -2.92. The van der Waals surface area contributed by atoms with E-state index in [0.717, 1.165) is 4.90 Å². The van der Waals surface area contributed by atoms with Crippen LogP contribution in [-0.4, -0.2) is 40.8 Å². The first-order valence-electron chi connectivity index (χ1n) is 7.65. The molecule has 5 nitrogen and oxygen atoms in total. The minimum Gasteiger partial charge on any atom is -0.497 e. The third-order valence-electron chi connectivity index (χ3n) is 3.99. The summed E-state index contributed by atoms with van der Waals surface area (Å²) in [7, 11) is 1.49. The van der Waals surface area contributed by atoms with E-state index in [-0.39, 0.29) is 12.4 Å². The zero-order chi connectivity index (χ0) is 18.9. The lowest BCUT2D eigenvalue weighted by Gasteiger charge is -2.23. The van der Waals surface area contributed by atoms with Gasteiger partial charge in [0.25, 0.3) is 5.91 Å². The van der Waals surface area contributed by atoms with Crippen LogP contribution in [0.25, 0.3) is 0 Å². The van der Waals surface area contributed by atoms with Crippen molar-refractivity contribution in [1.29, 1.82) is 0 Å². The molecule has 0 aromatic heterocycles. The Kier molecular flexibility index (Phi) is 4.45. The fourth-order valence-corrected chi connectivity index (χ4v) is 2.60. The molecule has 1 heterocycles. The van der Waals surface area contributed by atoms with Crippen molar-refractivity contribution in [3.63, 3.8) is 0 Å². The summed E-state index contributed by atoms with van der Waals surface area (Å²) < 4.78 is 44.9. The summed E-state index contributed by atoms with van der Waals surface area (Å²) >= 11 is 0. The topological polar surface area (TPSA) is 62.1 Å². The molecular weight excluding hydrogens is 349 g/mol. The summed E-state index contributed by atoms with van der Waals surface area (Å²) in [4.78, 5) is 16.6. The smallest absolute Gasteiger partial charge is 0.448 e. The van der Waals surface area contributed by atoms with Crippen LogP contribution in [0, 0.1) is 0 Å². The summed E-state index contributed by atoms with van der Waals surface area (Å²) in [5, 5.41) is 9.93. The molecule has 0 aliphatic carbocycles. The van der Waals surface area contributed by atoms with E-state index in [9.17, 15) is 23.1 Å². The van der Waals surface area contributed by atoms with Crippen LogP contribution in [0.5, 0.6) is 5.75 Å². The Hall–Kier alpha value is -2.87. The minimum atomic E-state index is -5.22. The highest BCUT2D eigenvalue weighted by atomic mass is 19.4. The van der Waals surface area contributed by atoms with E-state index in [1.165, 1.54) is 19.2 Å². The van der Waals surface area contributed by atoms with Gasteiger partial charge in [0.2, 0.25) is 0 Å². The maximum atomic E-state index is 13.3. The molecule has 1 aliphatic rings. The number of carbonyl (C=O) groups excluding carboxylic acids is 1. The Balaban J connectivity index is 2.01. The van der Waals surface area contributed by atoms with Gasteiger partial charge >= 0.3 is 11.9 Å². The van der Waals surface area contributed by atoms with Crippen molar-refractivity contribution in [2.24, 2.45) is 4.99 Å². The first-order chi connectivity index (χ1) is 12.3. The molecule has 0 spiro atoms. The number of methoxy groups -OCH3 is 1. The Morgan fingerprint density at radius 3 is 2.27 bits per heavy atom. The molecular formula is C18H15F3N2O3. The number of aliphatic hydroxyl groups is 1. The van der Waals surface area contributed by atoms with Crippen molar-refractivity contribution in [2.45, 2.75) is 18.4 Å². The van der Waals surface area contributed by atoms with Crippen molar-refractivity contribution in [3.05, 3.63) is 65.7 Å². The SMILES string of the molecule is COc1ccc(CN2C(=O)C(O)(C(F)(F)F)N=C2c2ccccc2)cc1. The van der Waals surface area contributed by atoms with Gasteiger partial charge in [0.15, 0.2) is 0 Å². The van der Waals surface area contributed by atoms with Gasteiger partial charge in [-0.3, -0.25) is 9.69 Å². The van der Waals surface area contributed by atoms with Crippen molar-refractivity contribution < 1.29 is 27.8 Å². The fourth-order valence-electron chi connectivity index (χ4n) is 2.60. The zero-order valence-electron chi connectivity index (χ0n) is 13.7. The Morgan fingerprint density at radius 1 is 1.12 bits per heavy atom. The third kappa shape index (κ3) is 3.03. The van der Waals surface area contributed by atoms with Crippen LogP contribution in [0.2, 0.25) is 0 Å². The van der Waals surface area contributed by atoms with E-state index >= 15 is 0 Å². The lowest BCUT2D eigenvalue weighted by molar-refractivity contribution is -0.248. The highest BCUT2D eigenvalue weighted by Gasteiger charge is 2.65. The van der Waals surface area contributed by atoms with Gasteiger partial charge in [-0.2, -0.15) is 13.2 Å². The lowest BCUT2D eigenvalue weighted by atomic mass is 10.1. The van der Waals surface area contributed by atoms with E-state index in [4.69, 9.17) is 4.74 Å². The number of hydrogen-bond acceptors (Lipinski definition) is 4. The second kappa shape index (κ2) is 6.45. The molecule has 0 fully saturated rings. The molecule has 2 aromatic carbocycles. The first kappa shape index (κ1) is 17.9. The van der Waals surface area contributed by atoms with E-state index in [0.29, 0.717) is 16.9 Å². The van der Waals surface area contributed by atoms with Crippen molar-refractivity contribution in [1.82, 2.24) is 4.90 Å². The number of nitrogens with zero attached hydrogens (tertiary/aromatic N) is 2. The van der Waals surface area contributed by atoms with Gasteiger partial charge in [-0.05, 0) is 17.7 Å². The standard InChI is InChI=1S/C18H15F3N2O3/c1-26-14-9-7-12(8-10-14)11-23-15(13-5-3-2-4-6-13)22-17(25,16(23)24)18(19,20)21/h2-10,25H,11H2,1H3. The van der Waals surface area contributed by atoms with E-state index in [1.54, 1.807) is 42.5 Å². The first-order valence-corrected chi connectivity index (χ1v) is 7.65. The number of rotatable bonds is 4. The van der Waals surface area contributed by atoms with E-state index < -0.39 is 17.8 Å². The molecule has 0 saturated carbocycles. The van der Waals surface area contributed by atoms with Gasteiger partial charge in [0.05, 0.1) is 13.7 Å². The average Bonchev–Trinajstić information content (AvgIpc) is 2.89. The molecule has 26 heavy (non-hydrogen) atoms. The lowest BCUT2D eigenvalue weighted by Crippen LogP contribution is -2.52. The Labute approximate surface area is 147 Å². The second-order valence-corrected chi connectivity index (χ2v) is 5.71. The van der Waals surface area contributed by atoms with Crippen molar-refractivity contribution in [2.75, 3.05) is 7.11 Å². The monoisotopic (exact) mass is 364 g/mol. The molecule has 1 aliphatic heterocycles. The fraction of sp³-hybridized carbons (Fsp3) is 0.222. The number of alkyl halides is 3. The molecule has 3 rings (SSSR count). The van der Waals surface area contributed by atoms with Crippen LogP contribution in [-0.2, 0) is 11.3 Å². The van der Waals surface area contributed by atoms with Crippen LogP contribution < -0.4 is 4.74 Å². The molecule has 1 amide bonds. The van der Waals surface area contributed by atoms with Crippen LogP contribution in [0.1, 0.15) is 11.1 Å². The van der Waals surface area contributed by atoms with Crippen molar-refractivity contribution >= 4 is 11.7 Å². The molecule has 136 valence electrons. The number of benzene rings is 2. The van der Waals surface area contributed by atoms with Crippen LogP contribution >= 0.6 is 0 Å². The largest absolute Gasteiger partial charge is 0.497 e. The molecule has 0 radical (unpaired) electrons. The molecule has 0 bridgehead atoms. The zero-order valence-corrected chi connectivity index (χ0v) is 13.7. The summed E-state index contributed by atoms with van der Waals surface area (Å²) in [6.07, 6.45) is -5.22. The predicted molar refractivity (Wildman–Crippen MR) is 87.5 cm³/mol. The minimum absolute atomic E-state index is 0.172. The number of amides is 1. The summed E-state index contributed by atoms with van der Waals surface area (Å²) in [5.74, 6) is -1.18. The summed E-state index contributed by atoms with van der Waals surface area (Å²) in [6.45, 7) is -0.172. The summed E-state index contributed by atoms with van der Waals surface area (Å²) in [6, 6.07) is 14.5. The number of amidine groups is 1. The number of hydrogen-bond donors (Lipinski definition) is 1. The molecule has 2 aromatic rings. The van der Waals surface area contributed by atoms with Gasteiger partial charge in [-0.25, -0.2) is 4.99 Å². The van der Waals surface area contributed by atoms with Crippen molar-refractivity contribution in [3.8, 4) is 5.75 Å². The third-order valence-corrected chi connectivity index (χ3v) is 3.99. The molecule has 0 saturated heterocycles. The molecule has 1 unspecified atom stereocenters.